The van der Waals surface area contributed by atoms with Gasteiger partial charge >= 0.3 is 0 Å². The average molecular weight is 220 g/mol. The predicted molar refractivity (Wildman–Crippen MR) is 34.9 cm³/mol. The monoisotopic (exact) mass is 220 g/mol. The summed E-state index contributed by atoms with van der Waals surface area (Å²) in [4.78, 5) is 8.72. The van der Waals surface area contributed by atoms with Gasteiger partial charge in [-0.05, 0) is 22.0 Å². The van der Waals surface area contributed by atoms with Gasteiger partial charge < -0.3 is 4.89 Å². The van der Waals surface area contributed by atoms with E-state index in [1.54, 1.807) is 0 Å². The zero-order chi connectivity index (χ0) is 3.91. The van der Waals surface area contributed by atoms with Crippen LogP contribution < -0.4 is 0 Å². The van der Waals surface area contributed by atoms with Gasteiger partial charge in [-0.1, -0.05) is 7.87 Å². The maximum atomic E-state index is 8.72. The molecule has 1 aliphatic heterocycles. The first kappa shape index (κ1) is 4.58. The molecule has 1 aliphatic rings. The molecule has 1 rings (SSSR count). The van der Waals surface area contributed by atoms with Crippen molar-refractivity contribution in [2.45, 2.75) is 0 Å². The molecule has 1 nitrogen and oxygen atoms in total. The first-order valence-corrected chi connectivity index (χ1v) is 7.70. The lowest BCUT2D eigenvalue weighted by atomic mass is 11.9. The fourth-order valence-electron chi connectivity index (χ4n) is 0.0522. The van der Waals surface area contributed by atoms with Crippen molar-refractivity contribution in [1.82, 2.24) is 0 Å². The number of halogens is 1. The van der Waals surface area contributed by atoms with E-state index in [0.29, 0.717) is 0 Å². The van der Waals surface area contributed by atoms with Gasteiger partial charge in [0.15, 0.2) is 0 Å². The number of hydrogen-bond donors (Lipinski definition) is 1. The lowest BCUT2D eigenvalue weighted by Gasteiger charge is -1.77. The van der Waals surface area contributed by atoms with Crippen molar-refractivity contribution in [3.63, 3.8) is 0 Å². The standard InChI is InChI=1S/CH3IOP2/c2-5(3)1-4-5/h3H,1H2. The van der Waals surface area contributed by atoms with Crippen LogP contribution in [0.3, 0.4) is 0 Å². The van der Waals surface area contributed by atoms with Crippen molar-refractivity contribution in [2.75, 3.05) is 5.90 Å². The highest BCUT2D eigenvalue weighted by Crippen LogP contribution is 2.76. The summed E-state index contributed by atoms with van der Waals surface area (Å²) in [6.07, 6.45) is 0. The molecule has 5 heavy (non-hydrogen) atoms. The summed E-state index contributed by atoms with van der Waals surface area (Å²) in [7, 11) is 1.30. The third-order valence-corrected chi connectivity index (χ3v) is 8.87. The Morgan fingerprint density at radius 3 is 2.20 bits per heavy atom. The van der Waals surface area contributed by atoms with Crippen LogP contribution in [0.2, 0.25) is 0 Å². The highest BCUT2D eigenvalue weighted by molar-refractivity contribution is 14.2. The molecule has 0 saturated heterocycles. The lowest BCUT2D eigenvalue weighted by molar-refractivity contribution is 0.649. The second-order valence-electron chi connectivity index (χ2n) is 0.926. The topological polar surface area (TPSA) is 20.2 Å². The summed E-state index contributed by atoms with van der Waals surface area (Å²) >= 11 is 2.14. The summed E-state index contributed by atoms with van der Waals surface area (Å²) in [5, 5.41) is 0. The Bertz CT molecular complexity index is 91.8. The Kier molecular flexibility index (Phi) is 1.09. The van der Waals surface area contributed by atoms with Crippen molar-refractivity contribution in [3.05, 3.63) is 0 Å². The molecule has 0 aliphatic carbocycles. The fraction of sp³-hybridized carbons (Fsp3) is 1.00. The number of rotatable bonds is 0. The van der Waals surface area contributed by atoms with Crippen molar-refractivity contribution < 1.29 is 4.89 Å². The van der Waals surface area contributed by atoms with Gasteiger partial charge in [0.25, 0.3) is 0 Å². The smallest absolute Gasteiger partial charge is 0.0898 e. The van der Waals surface area contributed by atoms with Gasteiger partial charge in [-0.3, -0.25) is 0 Å². The normalized spacial score (nSPS) is 50.8. The Balaban J connectivity index is 2.70. The summed E-state index contributed by atoms with van der Waals surface area (Å²) in [6.45, 7) is 0. The Hall–Kier alpha value is 1.42. The highest BCUT2D eigenvalue weighted by atomic mass is 127. The molecule has 0 aromatic carbocycles. The van der Waals surface area contributed by atoms with Crippen LogP contribution >= 0.6 is 34.3 Å². The molecule has 0 aromatic rings. The van der Waals surface area contributed by atoms with E-state index in [9.17, 15) is 0 Å². The van der Waals surface area contributed by atoms with Crippen LogP contribution in [0.5, 0.6) is 0 Å². The minimum atomic E-state index is -1.20. The van der Waals surface area contributed by atoms with E-state index in [2.05, 4.69) is 22.0 Å². The summed E-state index contributed by atoms with van der Waals surface area (Å²) in [5.74, 6) is 1.08. The molecule has 0 spiro atoms. The molecule has 0 aromatic heterocycles. The first-order chi connectivity index (χ1) is 2.21. The van der Waals surface area contributed by atoms with E-state index in [0.717, 1.165) is 5.90 Å². The zero-order valence-electron chi connectivity index (χ0n) is 2.43. The average Bonchev–Trinajstić information content (AvgIpc) is 1.76. The van der Waals surface area contributed by atoms with Gasteiger partial charge in [0.1, 0.15) is 0 Å². The van der Waals surface area contributed by atoms with Crippen molar-refractivity contribution in [2.24, 2.45) is 0 Å². The van der Waals surface area contributed by atoms with Crippen LogP contribution in [0.25, 0.3) is 0 Å². The van der Waals surface area contributed by atoms with Gasteiger partial charge in [0, 0.05) is 5.90 Å². The van der Waals surface area contributed by atoms with Crippen molar-refractivity contribution in [1.29, 1.82) is 0 Å². The van der Waals surface area contributed by atoms with Gasteiger partial charge in [-0.15, -0.1) is 0 Å². The molecule has 1 unspecified atom stereocenters. The van der Waals surface area contributed by atoms with Crippen LogP contribution in [0.15, 0.2) is 0 Å². The maximum Gasteiger partial charge on any atom is 0.0898 e. The minimum Gasteiger partial charge on any atom is -0.362 e. The maximum absolute atomic E-state index is 8.72. The van der Waals surface area contributed by atoms with Crippen molar-refractivity contribution >= 4 is 34.3 Å². The van der Waals surface area contributed by atoms with E-state index in [4.69, 9.17) is 4.89 Å². The SMILES string of the molecule is OP1(I)=PC1. The molecule has 1 atom stereocenters. The van der Waals surface area contributed by atoms with E-state index in [-0.39, 0.29) is 0 Å². The third kappa shape index (κ3) is 1.54. The summed E-state index contributed by atoms with van der Waals surface area (Å²) in [5.41, 5.74) is 0. The fourth-order valence-corrected chi connectivity index (χ4v) is 5.09. The molecular formula is CH3IOP2. The quantitative estimate of drug-likeness (QED) is 0.489. The largest absolute Gasteiger partial charge is 0.362 e. The Labute approximate surface area is 45.3 Å². The predicted octanol–water partition coefficient (Wildman–Crippen LogP) is 2.09. The van der Waals surface area contributed by atoms with Crippen LogP contribution in [0.1, 0.15) is 0 Å². The molecule has 4 heteroatoms. The van der Waals surface area contributed by atoms with Crippen LogP contribution in [0.4, 0.5) is 0 Å². The molecule has 0 amide bonds. The van der Waals surface area contributed by atoms with E-state index in [1.165, 1.54) is 7.87 Å². The summed E-state index contributed by atoms with van der Waals surface area (Å²) < 4.78 is -1.20. The van der Waals surface area contributed by atoms with Crippen LogP contribution in [-0.4, -0.2) is 10.8 Å². The molecule has 30 valence electrons. The second-order valence-corrected chi connectivity index (χ2v) is 13.5. The van der Waals surface area contributed by atoms with Gasteiger partial charge in [0.2, 0.25) is 0 Å². The number of hydrogen-bond acceptors (Lipinski definition) is 0. The molecule has 0 fully saturated rings. The van der Waals surface area contributed by atoms with Gasteiger partial charge in [0.05, 0.1) is 4.42 Å². The zero-order valence-corrected chi connectivity index (χ0v) is 6.37. The molecule has 1 heterocycles. The Morgan fingerprint density at radius 1 is 2.00 bits per heavy atom. The Morgan fingerprint density at radius 2 is 2.20 bits per heavy atom. The van der Waals surface area contributed by atoms with Gasteiger partial charge in [-0.25, -0.2) is 0 Å². The molecule has 1 N–H and O–H groups in total. The molecular weight excluding hydrogens is 217 g/mol. The van der Waals surface area contributed by atoms with Crippen LogP contribution in [-0.2, 0) is 0 Å². The molecule has 0 bridgehead atoms. The molecule has 0 saturated carbocycles. The minimum absolute atomic E-state index is 1.08. The van der Waals surface area contributed by atoms with Crippen LogP contribution in [0, 0.1) is 0 Å². The third-order valence-electron chi connectivity index (χ3n) is 0.375. The first-order valence-electron chi connectivity index (χ1n) is 1.20. The second kappa shape index (κ2) is 1.19. The lowest BCUT2D eigenvalue weighted by Crippen LogP contribution is -1.37. The molecule has 0 radical (unpaired) electrons. The van der Waals surface area contributed by atoms with Gasteiger partial charge in [-0.2, -0.15) is 0 Å². The van der Waals surface area contributed by atoms with E-state index in [1.807, 2.05) is 0 Å². The van der Waals surface area contributed by atoms with E-state index >= 15 is 0 Å². The van der Waals surface area contributed by atoms with Crippen molar-refractivity contribution in [3.8, 4) is 0 Å². The van der Waals surface area contributed by atoms with E-state index < -0.39 is 4.42 Å². The highest BCUT2D eigenvalue weighted by Gasteiger charge is 2.18. The summed E-state index contributed by atoms with van der Waals surface area (Å²) in [6, 6.07) is 0.